The third-order valence-electron chi connectivity index (χ3n) is 5.28. The number of hydrogen-bond acceptors (Lipinski definition) is 7. The number of methoxy groups -OCH3 is 3. The Hall–Kier alpha value is -3.19. The predicted octanol–water partition coefficient (Wildman–Crippen LogP) is 3.57. The van der Waals surface area contributed by atoms with Crippen LogP contribution in [0.25, 0.3) is 6.08 Å². The van der Waals surface area contributed by atoms with Crippen molar-refractivity contribution in [3.63, 3.8) is 0 Å². The summed E-state index contributed by atoms with van der Waals surface area (Å²) in [6.07, 6.45) is 1.35. The Balaban J connectivity index is 1.84. The molecular weight excluding hydrogens is 388 g/mol. The molecule has 7 nitrogen and oxygen atoms in total. The van der Waals surface area contributed by atoms with Crippen molar-refractivity contribution >= 4 is 11.9 Å². The van der Waals surface area contributed by atoms with E-state index in [4.69, 9.17) is 23.7 Å². The fraction of sp³-hybridized carbons (Fsp3) is 0.348. The van der Waals surface area contributed by atoms with E-state index in [0.29, 0.717) is 34.1 Å². The van der Waals surface area contributed by atoms with E-state index < -0.39 is 23.6 Å². The van der Waals surface area contributed by atoms with Crippen molar-refractivity contribution in [3.8, 4) is 28.7 Å². The minimum Gasteiger partial charge on any atom is -0.497 e. The first kappa shape index (κ1) is 20.1. The van der Waals surface area contributed by atoms with Gasteiger partial charge in [-0.05, 0) is 38.1 Å². The average Bonchev–Trinajstić information content (AvgIpc) is 2.73. The normalized spacial score (nSPS) is 21.1. The van der Waals surface area contributed by atoms with Gasteiger partial charge < -0.3 is 28.8 Å². The molecule has 0 amide bonds. The maximum atomic E-state index is 13.2. The Labute approximate surface area is 174 Å². The number of Topliss-reactive ketones (excluding diaryl/α,β-unsaturated/α-hetero) is 1. The van der Waals surface area contributed by atoms with Gasteiger partial charge in [-0.3, -0.25) is 4.79 Å². The van der Waals surface area contributed by atoms with Crippen molar-refractivity contribution < 1.29 is 33.6 Å². The van der Waals surface area contributed by atoms with E-state index in [2.05, 4.69) is 0 Å². The molecule has 2 aromatic rings. The molecule has 0 aromatic heterocycles. The molecule has 4 rings (SSSR count). The van der Waals surface area contributed by atoms with Gasteiger partial charge in [0.25, 0.3) is 0 Å². The highest BCUT2D eigenvalue weighted by Gasteiger charge is 2.42. The molecule has 2 heterocycles. The number of ketones is 1. The number of aliphatic hydroxyl groups excluding tert-OH is 1. The lowest BCUT2D eigenvalue weighted by Crippen LogP contribution is -2.37. The average molecular weight is 412 g/mol. The molecule has 2 aliphatic heterocycles. The highest BCUT2D eigenvalue weighted by Crippen LogP contribution is 2.49. The molecule has 158 valence electrons. The van der Waals surface area contributed by atoms with Crippen LogP contribution in [0.1, 0.15) is 41.4 Å². The summed E-state index contributed by atoms with van der Waals surface area (Å²) in [6, 6.07) is 6.78. The number of benzene rings is 2. The minimum atomic E-state index is -1.43. The van der Waals surface area contributed by atoms with Crippen LogP contribution in [0.2, 0.25) is 0 Å². The monoisotopic (exact) mass is 412 g/mol. The maximum Gasteiger partial charge on any atom is 0.202 e. The zero-order valence-corrected chi connectivity index (χ0v) is 17.5. The fourth-order valence-corrected chi connectivity index (χ4v) is 3.78. The van der Waals surface area contributed by atoms with E-state index in [1.165, 1.54) is 14.2 Å². The Morgan fingerprint density at radius 2 is 1.80 bits per heavy atom. The third kappa shape index (κ3) is 3.15. The second-order valence-corrected chi connectivity index (χ2v) is 7.69. The molecule has 0 radical (unpaired) electrons. The first-order valence-corrected chi connectivity index (χ1v) is 9.53. The smallest absolute Gasteiger partial charge is 0.202 e. The van der Waals surface area contributed by atoms with Crippen molar-refractivity contribution in [2.75, 3.05) is 21.3 Å². The molecule has 1 N–H and O–H groups in total. The van der Waals surface area contributed by atoms with E-state index in [0.717, 1.165) is 0 Å². The first-order chi connectivity index (χ1) is 14.3. The number of aliphatic hydroxyl groups is 1. The van der Waals surface area contributed by atoms with E-state index >= 15 is 0 Å². The van der Waals surface area contributed by atoms with Crippen molar-refractivity contribution in [1.29, 1.82) is 0 Å². The van der Waals surface area contributed by atoms with E-state index in [-0.39, 0.29) is 11.3 Å². The second kappa shape index (κ2) is 7.25. The van der Waals surface area contributed by atoms with Gasteiger partial charge in [-0.15, -0.1) is 0 Å². The Bertz CT molecular complexity index is 1040. The topological polar surface area (TPSA) is 83.5 Å². The van der Waals surface area contributed by atoms with E-state index in [1.54, 1.807) is 31.4 Å². The quantitative estimate of drug-likeness (QED) is 0.822. The van der Waals surface area contributed by atoms with Crippen molar-refractivity contribution in [1.82, 2.24) is 0 Å². The van der Waals surface area contributed by atoms with E-state index in [1.807, 2.05) is 26.0 Å². The van der Waals surface area contributed by atoms with Gasteiger partial charge in [0.05, 0.1) is 26.9 Å². The number of ether oxygens (including phenoxy) is 5. The number of fused-ring (bicyclic) bond motifs is 2. The Morgan fingerprint density at radius 3 is 2.47 bits per heavy atom. The first-order valence-electron chi connectivity index (χ1n) is 9.53. The van der Waals surface area contributed by atoms with Crippen LogP contribution in [0.3, 0.4) is 0 Å². The summed E-state index contributed by atoms with van der Waals surface area (Å²) in [7, 11) is 4.53. The molecule has 0 saturated carbocycles. The molecule has 30 heavy (non-hydrogen) atoms. The third-order valence-corrected chi connectivity index (χ3v) is 5.28. The minimum absolute atomic E-state index is 0.195. The number of carbonyl (C=O) groups is 1. The predicted molar refractivity (Wildman–Crippen MR) is 110 cm³/mol. The standard InChI is InChI=1S/C23H24O7/c1-23(2)9-8-14-16(30-23)11-17-18(21(14)28-5)19(24)20(25)22(29-17)13-7-6-12(26-3)10-15(13)27-4/h6-11,20,22,25H,1-5H3. The molecule has 2 aromatic carbocycles. The molecule has 2 unspecified atom stereocenters. The van der Waals surface area contributed by atoms with Crippen LogP contribution in [0.15, 0.2) is 30.3 Å². The summed E-state index contributed by atoms with van der Waals surface area (Å²) in [5, 5.41) is 10.8. The number of rotatable bonds is 4. The summed E-state index contributed by atoms with van der Waals surface area (Å²) in [6.45, 7) is 3.86. The molecule has 0 fully saturated rings. The molecule has 2 aliphatic rings. The molecular formula is C23H24O7. The van der Waals surface area contributed by atoms with E-state index in [9.17, 15) is 9.90 Å². The SMILES string of the molecule is COc1ccc(C2Oc3cc4c(c(OC)c3C(=O)C2O)C=CC(C)(C)O4)c(OC)c1. The summed E-state index contributed by atoms with van der Waals surface area (Å²) in [5.74, 6) is 1.69. The largest absolute Gasteiger partial charge is 0.497 e. The number of carbonyl (C=O) groups excluding carboxylic acids is 1. The van der Waals surface area contributed by atoms with Crippen molar-refractivity contribution in [2.45, 2.75) is 31.7 Å². The van der Waals surface area contributed by atoms with Crippen LogP contribution in [0, 0.1) is 0 Å². The van der Waals surface area contributed by atoms with Crippen LogP contribution in [0.5, 0.6) is 28.7 Å². The van der Waals surface area contributed by atoms with Crippen molar-refractivity contribution in [3.05, 3.63) is 47.0 Å². The lowest BCUT2D eigenvalue weighted by molar-refractivity contribution is 0.0200. The summed E-state index contributed by atoms with van der Waals surface area (Å²) >= 11 is 0. The second-order valence-electron chi connectivity index (χ2n) is 7.69. The van der Waals surface area contributed by atoms with Crippen LogP contribution in [0.4, 0.5) is 0 Å². The maximum absolute atomic E-state index is 13.2. The van der Waals surface area contributed by atoms with Gasteiger partial charge in [0.1, 0.15) is 39.9 Å². The van der Waals surface area contributed by atoms with Gasteiger partial charge in [0, 0.05) is 17.7 Å². The van der Waals surface area contributed by atoms with Gasteiger partial charge in [-0.1, -0.05) is 0 Å². The van der Waals surface area contributed by atoms with Gasteiger partial charge in [-0.2, -0.15) is 0 Å². The summed E-state index contributed by atoms with van der Waals surface area (Å²) in [5.41, 5.74) is 0.853. The molecule has 2 atom stereocenters. The van der Waals surface area contributed by atoms with Gasteiger partial charge in [0.2, 0.25) is 5.78 Å². The highest BCUT2D eigenvalue weighted by molar-refractivity contribution is 6.07. The van der Waals surface area contributed by atoms with Crippen LogP contribution in [-0.2, 0) is 0 Å². The highest BCUT2D eigenvalue weighted by atomic mass is 16.5. The van der Waals surface area contributed by atoms with Crippen molar-refractivity contribution in [2.24, 2.45) is 0 Å². The lowest BCUT2D eigenvalue weighted by Gasteiger charge is -2.34. The summed E-state index contributed by atoms with van der Waals surface area (Å²) in [4.78, 5) is 13.2. The summed E-state index contributed by atoms with van der Waals surface area (Å²) < 4.78 is 28.4. The molecule has 0 aliphatic carbocycles. The molecule has 0 bridgehead atoms. The molecule has 7 heteroatoms. The van der Waals surface area contributed by atoms with Crippen LogP contribution >= 0.6 is 0 Å². The lowest BCUT2D eigenvalue weighted by atomic mass is 9.90. The molecule has 0 saturated heterocycles. The van der Waals surface area contributed by atoms with Gasteiger partial charge in [-0.25, -0.2) is 0 Å². The van der Waals surface area contributed by atoms with Crippen LogP contribution in [-0.4, -0.2) is 43.9 Å². The molecule has 0 spiro atoms. The van der Waals surface area contributed by atoms with Crippen LogP contribution < -0.4 is 23.7 Å². The zero-order chi connectivity index (χ0) is 21.6. The Morgan fingerprint density at radius 1 is 1.03 bits per heavy atom. The Kier molecular flexibility index (Phi) is 4.86. The number of hydrogen-bond donors (Lipinski definition) is 1. The zero-order valence-electron chi connectivity index (χ0n) is 17.5. The fourth-order valence-electron chi connectivity index (χ4n) is 3.78. The van der Waals surface area contributed by atoms with Gasteiger partial charge >= 0.3 is 0 Å². The van der Waals surface area contributed by atoms with Gasteiger partial charge in [0.15, 0.2) is 12.2 Å².